The number of esters is 1. The van der Waals surface area contributed by atoms with E-state index < -0.39 is 12.1 Å². The number of carbonyl (C=O) groups is 1. The first-order valence-corrected chi connectivity index (χ1v) is 10.3. The van der Waals surface area contributed by atoms with Gasteiger partial charge in [0.2, 0.25) is 0 Å². The quantitative estimate of drug-likeness (QED) is 0.198. The number of hydrogen-bond donors (Lipinski definition) is 1. The fourth-order valence-corrected chi connectivity index (χ4v) is 2.32. The van der Waals surface area contributed by atoms with E-state index in [9.17, 15) is 9.90 Å². The number of aliphatic hydroxyl groups is 1. The molecule has 1 atom stereocenters. The number of ether oxygens (including phenoxy) is 1. The van der Waals surface area contributed by atoms with Crippen molar-refractivity contribution < 1.29 is 14.6 Å². The van der Waals surface area contributed by atoms with E-state index in [-0.39, 0.29) is 0 Å². The summed E-state index contributed by atoms with van der Waals surface area (Å²) < 4.78 is 4.77. The van der Waals surface area contributed by atoms with Gasteiger partial charge in [0, 0.05) is 0 Å². The second-order valence-corrected chi connectivity index (χ2v) is 6.26. The summed E-state index contributed by atoms with van der Waals surface area (Å²) in [4.78, 5) is 11.3. The first-order chi connectivity index (χ1) is 13.2. The number of hydrogen-bond acceptors (Lipinski definition) is 3. The van der Waals surface area contributed by atoms with Crippen molar-refractivity contribution in [3.63, 3.8) is 0 Å². The van der Waals surface area contributed by atoms with Crippen molar-refractivity contribution in [3.05, 3.63) is 60.8 Å². The van der Waals surface area contributed by atoms with Crippen molar-refractivity contribution >= 4 is 5.97 Å². The molecule has 3 nitrogen and oxygen atoms in total. The highest BCUT2D eigenvalue weighted by atomic mass is 16.5. The van der Waals surface area contributed by atoms with Gasteiger partial charge < -0.3 is 9.84 Å². The molecule has 0 saturated carbocycles. The number of carbonyl (C=O) groups excluding carboxylic acids is 1. The van der Waals surface area contributed by atoms with Crippen molar-refractivity contribution in [1.82, 2.24) is 0 Å². The van der Waals surface area contributed by atoms with Gasteiger partial charge in [0.1, 0.15) is 0 Å². The summed E-state index contributed by atoms with van der Waals surface area (Å²) in [6, 6.07) is 0. The lowest BCUT2D eigenvalue weighted by Crippen LogP contribution is -2.22. The van der Waals surface area contributed by atoms with E-state index in [1.54, 1.807) is 6.92 Å². The number of allylic oxidation sites excluding steroid dienone is 10. The Morgan fingerprint density at radius 3 is 1.74 bits per heavy atom. The third-order valence-electron chi connectivity index (χ3n) is 3.81. The largest absolute Gasteiger partial charge is 0.464 e. The van der Waals surface area contributed by atoms with E-state index >= 15 is 0 Å². The molecule has 0 aliphatic rings. The second kappa shape index (κ2) is 20.4. The van der Waals surface area contributed by atoms with E-state index in [0.29, 0.717) is 13.0 Å². The predicted molar refractivity (Wildman–Crippen MR) is 116 cm³/mol. The maximum absolute atomic E-state index is 11.3. The molecular formula is C24H38O3. The molecule has 0 bridgehead atoms. The second-order valence-electron chi connectivity index (χ2n) is 6.26. The van der Waals surface area contributed by atoms with Crippen molar-refractivity contribution in [2.75, 3.05) is 6.61 Å². The van der Waals surface area contributed by atoms with E-state index in [2.05, 4.69) is 67.7 Å². The molecule has 0 rings (SSSR count). The molecule has 0 aromatic rings. The zero-order valence-electron chi connectivity index (χ0n) is 17.2. The molecule has 0 heterocycles. The fraction of sp³-hybridized carbons (Fsp3) is 0.542. The SMILES string of the molecule is CC/C=C\C/C=C\C/C=C\C/C=C\C/C=C\CCCCC(O)C(=O)OCC. The van der Waals surface area contributed by atoms with Crippen LogP contribution in [0.2, 0.25) is 0 Å². The summed E-state index contributed by atoms with van der Waals surface area (Å²) in [5, 5.41) is 9.57. The van der Waals surface area contributed by atoms with Gasteiger partial charge >= 0.3 is 5.97 Å². The van der Waals surface area contributed by atoms with Crippen molar-refractivity contribution in [2.24, 2.45) is 0 Å². The summed E-state index contributed by atoms with van der Waals surface area (Å²) in [7, 11) is 0. The van der Waals surface area contributed by atoms with Gasteiger partial charge in [0.25, 0.3) is 0 Å². The van der Waals surface area contributed by atoms with Crippen LogP contribution in [-0.2, 0) is 9.53 Å². The minimum absolute atomic E-state index is 0.315. The molecule has 27 heavy (non-hydrogen) atoms. The molecule has 1 unspecified atom stereocenters. The Hall–Kier alpha value is -1.87. The topological polar surface area (TPSA) is 46.5 Å². The van der Waals surface area contributed by atoms with Gasteiger partial charge in [-0.25, -0.2) is 4.79 Å². The Morgan fingerprint density at radius 2 is 1.26 bits per heavy atom. The van der Waals surface area contributed by atoms with Gasteiger partial charge in [-0.1, -0.05) is 67.7 Å². The van der Waals surface area contributed by atoms with E-state index in [0.717, 1.165) is 51.4 Å². The number of rotatable bonds is 16. The summed E-state index contributed by atoms with van der Waals surface area (Å²) in [5.74, 6) is -0.507. The summed E-state index contributed by atoms with van der Waals surface area (Å²) >= 11 is 0. The molecule has 0 spiro atoms. The summed E-state index contributed by atoms with van der Waals surface area (Å²) in [5.41, 5.74) is 0. The Balaban J connectivity index is 3.54. The smallest absolute Gasteiger partial charge is 0.334 e. The monoisotopic (exact) mass is 374 g/mol. The van der Waals surface area contributed by atoms with Crippen LogP contribution in [0.25, 0.3) is 0 Å². The molecule has 3 heteroatoms. The number of unbranched alkanes of at least 4 members (excludes halogenated alkanes) is 2. The molecule has 1 N–H and O–H groups in total. The first-order valence-electron chi connectivity index (χ1n) is 10.3. The summed E-state index contributed by atoms with van der Waals surface area (Å²) in [6.45, 7) is 4.21. The molecule has 0 aliphatic heterocycles. The van der Waals surface area contributed by atoms with Crippen LogP contribution in [-0.4, -0.2) is 23.8 Å². The fourth-order valence-electron chi connectivity index (χ4n) is 2.32. The van der Waals surface area contributed by atoms with E-state index in [1.165, 1.54) is 0 Å². The highest BCUT2D eigenvalue weighted by molar-refractivity contribution is 5.74. The molecule has 152 valence electrons. The van der Waals surface area contributed by atoms with Crippen LogP contribution >= 0.6 is 0 Å². The van der Waals surface area contributed by atoms with Crippen LogP contribution < -0.4 is 0 Å². The third-order valence-corrected chi connectivity index (χ3v) is 3.81. The minimum Gasteiger partial charge on any atom is -0.464 e. The van der Waals surface area contributed by atoms with E-state index in [4.69, 9.17) is 4.74 Å². The van der Waals surface area contributed by atoms with Crippen LogP contribution in [0, 0.1) is 0 Å². The molecule has 0 aromatic heterocycles. The lowest BCUT2D eigenvalue weighted by molar-refractivity contribution is -0.153. The average Bonchev–Trinajstić information content (AvgIpc) is 2.67. The van der Waals surface area contributed by atoms with Crippen molar-refractivity contribution in [2.45, 2.75) is 77.7 Å². The van der Waals surface area contributed by atoms with Crippen LogP contribution in [0.15, 0.2) is 60.8 Å². The minimum atomic E-state index is -0.974. The molecule has 0 radical (unpaired) electrons. The lowest BCUT2D eigenvalue weighted by atomic mass is 10.1. The molecule has 0 aliphatic carbocycles. The number of aliphatic hydroxyl groups excluding tert-OH is 1. The van der Waals surface area contributed by atoms with Gasteiger partial charge in [0.05, 0.1) is 6.61 Å². The lowest BCUT2D eigenvalue weighted by Gasteiger charge is -2.08. The highest BCUT2D eigenvalue weighted by Gasteiger charge is 2.14. The highest BCUT2D eigenvalue weighted by Crippen LogP contribution is 2.06. The van der Waals surface area contributed by atoms with Gasteiger partial charge in [-0.2, -0.15) is 0 Å². The normalized spacial score (nSPS) is 13.7. The first kappa shape index (κ1) is 25.1. The van der Waals surface area contributed by atoms with Crippen LogP contribution in [0.4, 0.5) is 0 Å². The maximum atomic E-state index is 11.3. The zero-order valence-corrected chi connectivity index (χ0v) is 17.2. The standard InChI is InChI=1S/C24H38O3/c1-3-5-6-7-8-9-10-11-12-13-14-15-16-17-18-19-20-21-22-23(25)24(26)27-4-2/h5-6,8-9,11-12,14-15,17-18,23,25H,3-4,7,10,13,16,19-22H2,1-2H3/b6-5-,9-8-,12-11-,15-14-,18-17-. The van der Waals surface area contributed by atoms with Crippen molar-refractivity contribution in [3.8, 4) is 0 Å². The predicted octanol–water partition coefficient (Wildman–Crippen LogP) is 6.22. The van der Waals surface area contributed by atoms with Crippen LogP contribution in [0.1, 0.15) is 71.6 Å². The third kappa shape index (κ3) is 18.7. The Kier molecular flexibility index (Phi) is 19.0. The van der Waals surface area contributed by atoms with Gasteiger partial charge in [-0.3, -0.25) is 0 Å². The maximum Gasteiger partial charge on any atom is 0.334 e. The molecule has 0 saturated heterocycles. The Bertz CT molecular complexity index is 484. The van der Waals surface area contributed by atoms with Crippen LogP contribution in [0.3, 0.4) is 0 Å². The summed E-state index contributed by atoms with van der Waals surface area (Å²) in [6.07, 6.45) is 29.2. The molecular weight excluding hydrogens is 336 g/mol. The van der Waals surface area contributed by atoms with Gasteiger partial charge in [-0.15, -0.1) is 0 Å². The van der Waals surface area contributed by atoms with Crippen molar-refractivity contribution in [1.29, 1.82) is 0 Å². The molecule has 0 fully saturated rings. The van der Waals surface area contributed by atoms with Gasteiger partial charge in [0.15, 0.2) is 6.10 Å². The molecule has 0 aromatic carbocycles. The van der Waals surface area contributed by atoms with E-state index in [1.807, 2.05) is 0 Å². The average molecular weight is 375 g/mol. The Morgan fingerprint density at radius 1 is 0.778 bits per heavy atom. The van der Waals surface area contributed by atoms with Gasteiger partial charge in [-0.05, 0) is 64.7 Å². The zero-order chi connectivity index (χ0) is 20.0. The Labute approximate surface area is 166 Å². The molecule has 0 amide bonds. The van der Waals surface area contributed by atoms with Crippen LogP contribution in [0.5, 0.6) is 0 Å².